The van der Waals surface area contributed by atoms with Gasteiger partial charge in [0, 0.05) is 18.6 Å². The maximum Gasteiger partial charge on any atom is 0.0335 e. The van der Waals surface area contributed by atoms with Crippen LogP contribution in [0.15, 0.2) is 24.3 Å². The van der Waals surface area contributed by atoms with E-state index in [1.807, 2.05) is 0 Å². The zero-order valence-electron chi connectivity index (χ0n) is 13.2. The first kappa shape index (κ1) is 15.5. The minimum absolute atomic E-state index is 0.247. The lowest BCUT2D eigenvalue weighted by Gasteiger charge is -2.46. The summed E-state index contributed by atoms with van der Waals surface area (Å²) in [5, 5.41) is 0. The molecule has 0 atom stereocenters. The monoisotopic (exact) mass is 274 g/mol. The molecule has 1 saturated carbocycles. The molecule has 0 amide bonds. The van der Waals surface area contributed by atoms with E-state index in [9.17, 15) is 0 Å². The van der Waals surface area contributed by atoms with Gasteiger partial charge >= 0.3 is 0 Å². The third-order valence-corrected chi connectivity index (χ3v) is 4.95. The molecule has 0 spiro atoms. The SMILES string of the molecule is CCCN(Cc1ccccc1C)C1(CN)CCCCC1. The van der Waals surface area contributed by atoms with Gasteiger partial charge in [-0.25, -0.2) is 0 Å². The summed E-state index contributed by atoms with van der Waals surface area (Å²) in [6.07, 6.45) is 7.81. The van der Waals surface area contributed by atoms with Crippen molar-refractivity contribution < 1.29 is 0 Å². The number of hydrogen-bond donors (Lipinski definition) is 1. The molecule has 2 heteroatoms. The fourth-order valence-corrected chi connectivity index (χ4v) is 3.61. The van der Waals surface area contributed by atoms with Gasteiger partial charge in [0.15, 0.2) is 0 Å². The fourth-order valence-electron chi connectivity index (χ4n) is 3.61. The lowest BCUT2D eigenvalue weighted by molar-refractivity contribution is 0.0493. The molecule has 112 valence electrons. The van der Waals surface area contributed by atoms with Crippen LogP contribution in [0.4, 0.5) is 0 Å². The highest BCUT2D eigenvalue weighted by atomic mass is 15.2. The van der Waals surface area contributed by atoms with Crippen molar-refractivity contribution in [3.63, 3.8) is 0 Å². The van der Waals surface area contributed by atoms with Crippen LogP contribution >= 0.6 is 0 Å². The van der Waals surface area contributed by atoms with Crippen molar-refractivity contribution >= 4 is 0 Å². The van der Waals surface area contributed by atoms with E-state index in [-0.39, 0.29) is 5.54 Å². The summed E-state index contributed by atoms with van der Waals surface area (Å²) in [6.45, 7) is 7.51. The van der Waals surface area contributed by atoms with Crippen molar-refractivity contribution in [3.05, 3.63) is 35.4 Å². The average Bonchev–Trinajstić information content (AvgIpc) is 2.49. The summed E-state index contributed by atoms with van der Waals surface area (Å²) in [6, 6.07) is 8.77. The summed E-state index contributed by atoms with van der Waals surface area (Å²) in [5.41, 5.74) is 9.32. The molecular formula is C18H30N2. The van der Waals surface area contributed by atoms with E-state index in [0.717, 1.165) is 19.6 Å². The molecule has 2 nitrogen and oxygen atoms in total. The van der Waals surface area contributed by atoms with E-state index in [2.05, 4.69) is 43.0 Å². The minimum atomic E-state index is 0.247. The average molecular weight is 274 g/mol. The second-order valence-electron chi connectivity index (χ2n) is 6.34. The zero-order valence-corrected chi connectivity index (χ0v) is 13.2. The Hall–Kier alpha value is -0.860. The molecule has 2 rings (SSSR count). The summed E-state index contributed by atoms with van der Waals surface area (Å²) in [4.78, 5) is 2.68. The highest BCUT2D eigenvalue weighted by Crippen LogP contribution is 2.34. The van der Waals surface area contributed by atoms with Crippen LogP contribution in [-0.2, 0) is 6.54 Å². The second kappa shape index (κ2) is 7.24. The topological polar surface area (TPSA) is 29.3 Å². The molecule has 2 N–H and O–H groups in total. The lowest BCUT2D eigenvalue weighted by Crippen LogP contribution is -2.54. The molecular weight excluding hydrogens is 244 g/mol. The van der Waals surface area contributed by atoms with Gasteiger partial charge in [0.2, 0.25) is 0 Å². The van der Waals surface area contributed by atoms with Gasteiger partial charge in [-0.15, -0.1) is 0 Å². The molecule has 1 aromatic rings. The summed E-state index contributed by atoms with van der Waals surface area (Å²) in [5.74, 6) is 0. The van der Waals surface area contributed by atoms with Gasteiger partial charge in [-0.05, 0) is 43.9 Å². The van der Waals surface area contributed by atoms with Gasteiger partial charge in [-0.1, -0.05) is 50.5 Å². The molecule has 0 saturated heterocycles. The van der Waals surface area contributed by atoms with Crippen LogP contribution in [0, 0.1) is 6.92 Å². The van der Waals surface area contributed by atoms with Crippen molar-refractivity contribution in [1.29, 1.82) is 0 Å². The second-order valence-corrected chi connectivity index (χ2v) is 6.34. The van der Waals surface area contributed by atoms with Crippen LogP contribution < -0.4 is 5.73 Å². The Bertz CT molecular complexity index is 408. The van der Waals surface area contributed by atoms with Gasteiger partial charge in [0.05, 0.1) is 0 Å². The maximum atomic E-state index is 6.22. The van der Waals surface area contributed by atoms with Crippen LogP contribution in [0.2, 0.25) is 0 Å². The van der Waals surface area contributed by atoms with E-state index < -0.39 is 0 Å². The van der Waals surface area contributed by atoms with E-state index in [1.54, 1.807) is 0 Å². The first-order chi connectivity index (χ1) is 9.72. The van der Waals surface area contributed by atoms with E-state index in [4.69, 9.17) is 5.73 Å². The third-order valence-electron chi connectivity index (χ3n) is 4.95. The molecule has 0 bridgehead atoms. The molecule has 0 unspecified atom stereocenters. The summed E-state index contributed by atoms with van der Waals surface area (Å²) < 4.78 is 0. The molecule has 1 aliphatic rings. The predicted octanol–water partition coefficient (Wildman–Crippen LogP) is 3.87. The molecule has 1 fully saturated rings. The quantitative estimate of drug-likeness (QED) is 0.853. The fraction of sp³-hybridized carbons (Fsp3) is 0.667. The van der Waals surface area contributed by atoms with Crippen molar-refractivity contribution in [2.75, 3.05) is 13.1 Å². The number of rotatable bonds is 6. The predicted molar refractivity (Wildman–Crippen MR) is 86.8 cm³/mol. The summed E-state index contributed by atoms with van der Waals surface area (Å²) >= 11 is 0. The Morgan fingerprint density at radius 2 is 1.85 bits per heavy atom. The Kier molecular flexibility index (Phi) is 5.62. The molecule has 0 radical (unpaired) electrons. The molecule has 1 aliphatic carbocycles. The molecule has 0 aliphatic heterocycles. The number of nitrogens with two attached hydrogens (primary N) is 1. The molecule has 20 heavy (non-hydrogen) atoms. The van der Waals surface area contributed by atoms with Crippen LogP contribution in [0.5, 0.6) is 0 Å². The van der Waals surface area contributed by atoms with Gasteiger partial charge in [-0.3, -0.25) is 4.90 Å². The third kappa shape index (κ3) is 3.42. The van der Waals surface area contributed by atoms with Gasteiger partial charge in [0.25, 0.3) is 0 Å². The maximum absolute atomic E-state index is 6.22. The lowest BCUT2D eigenvalue weighted by atomic mass is 9.79. The zero-order chi connectivity index (χ0) is 14.4. The first-order valence-electron chi connectivity index (χ1n) is 8.21. The Morgan fingerprint density at radius 1 is 1.15 bits per heavy atom. The largest absolute Gasteiger partial charge is 0.329 e. The normalized spacial score (nSPS) is 18.4. The molecule has 1 aromatic carbocycles. The van der Waals surface area contributed by atoms with Crippen molar-refractivity contribution in [1.82, 2.24) is 4.90 Å². The van der Waals surface area contributed by atoms with E-state index in [0.29, 0.717) is 0 Å². The highest BCUT2D eigenvalue weighted by Gasteiger charge is 2.36. The summed E-state index contributed by atoms with van der Waals surface area (Å²) in [7, 11) is 0. The number of benzene rings is 1. The van der Waals surface area contributed by atoms with Crippen LogP contribution in [0.25, 0.3) is 0 Å². The van der Waals surface area contributed by atoms with Crippen molar-refractivity contribution in [3.8, 4) is 0 Å². The molecule has 0 aromatic heterocycles. The number of hydrogen-bond acceptors (Lipinski definition) is 2. The van der Waals surface area contributed by atoms with Gasteiger partial charge in [0.1, 0.15) is 0 Å². The van der Waals surface area contributed by atoms with Crippen molar-refractivity contribution in [2.24, 2.45) is 5.73 Å². The molecule has 0 heterocycles. The van der Waals surface area contributed by atoms with E-state index in [1.165, 1.54) is 49.7 Å². The highest BCUT2D eigenvalue weighted by molar-refractivity contribution is 5.25. The van der Waals surface area contributed by atoms with Crippen molar-refractivity contribution in [2.45, 2.75) is 64.5 Å². The standard InChI is InChI=1S/C18H30N2/c1-3-13-20(14-17-10-6-5-9-16(17)2)18(15-19)11-7-4-8-12-18/h5-6,9-10H,3-4,7-8,11-15,19H2,1-2H3. The van der Waals surface area contributed by atoms with Crippen LogP contribution in [-0.4, -0.2) is 23.5 Å². The van der Waals surface area contributed by atoms with Crippen LogP contribution in [0.1, 0.15) is 56.6 Å². The Labute approximate surface area is 124 Å². The van der Waals surface area contributed by atoms with Crippen LogP contribution in [0.3, 0.4) is 0 Å². The Morgan fingerprint density at radius 3 is 2.45 bits per heavy atom. The smallest absolute Gasteiger partial charge is 0.0335 e. The first-order valence-corrected chi connectivity index (χ1v) is 8.21. The number of nitrogens with zero attached hydrogens (tertiary/aromatic N) is 1. The van der Waals surface area contributed by atoms with E-state index >= 15 is 0 Å². The minimum Gasteiger partial charge on any atom is -0.329 e. The van der Waals surface area contributed by atoms with Gasteiger partial charge in [-0.2, -0.15) is 0 Å². The Balaban J connectivity index is 2.19. The number of aryl methyl sites for hydroxylation is 1. The van der Waals surface area contributed by atoms with Gasteiger partial charge < -0.3 is 5.73 Å².